The minimum atomic E-state index is -0.235. The van der Waals surface area contributed by atoms with Crippen LogP contribution in [0.4, 0.5) is 0 Å². The van der Waals surface area contributed by atoms with E-state index in [9.17, 15) is 9.59 Å². The summed E-state index contributed by atoms with van der Waals surface area (Å²) in [6.07, 6.45) is 1.63. The Bertz CT molecular complexity index is 792. The molecule has 0 bridgehead atoms. The Morgan fingerprint density at radius 1 is 1.38 bits per heavy atom. The lowest BCUT2D eigenvalue weighted by Gasteiger charge is -2.15. The zero-order valence-electron chi connectivity index (χ0n) is 12.7. The van der Waals surface area contributed by atoms with Gasteiger partial charge in [0.15, 0.2) is 11.2 Å². The first kappa shape index (κ1) is 14.1. The molecule has 1 fully saturated rings. The molecule has 2 aromatic rings. The molecule has 0 amide bonds. The molecule has 1 saturated heterocycles. The number of rotatable bonds is 3. The van der Waals surface area contributed by atoms with Gasteiger partial charge in [0, 0.05) is 20.1 Å². The molecule has 0 radical (unpaired) electrons. The Balaban J connectivity index is 2.40. The van der Waals surface area contributed by atoms with Crippen molar-refractivity contribution in [3.63, 3.8) is 0 Å². The average Bonchev–Trinajstić information content (AvgIpc) is 3.05. The molecular weight excluding hydrogens is 270 g/mol. The van der Waals surface area contributed by atoms with Crippen LogP contribution in [0.25, 0.3) is 11.2 Å². The zero-order valence-corrected chi connectivity index (χ0v) is 12.7. The maximum absolute atomic E-state index is 12.8. The summed E-state index contributed by atoms with van der Waals surface area (Å²) in [5, 5.41) is 3.21. The van der Waals surface area contributed by atoms with Crippen molar-refractivity contribution in [3.05, 3.63) is 26.7 Å². The van der Waals surface area contributed by atoms with E-state index >= 15 is 0 Å². The van der Waals surface area contributed by atoms with Crippen molar-refractivity contribution in [2.24, 2.45) is 7.05 Å². The van der Waals surface area contributed by atoms with E-state index in [1.807, 2.05) is 20.9 Å². The Kier molecular flexibility index (Phi) is 3.44. The van der Waals surface area contributed by atoms with E-state index in [1.54, 1.807) is 9.13 Å². The van der Waals surface area contributed by atoms with E-state index in [2.05, 4.69) is 10.3 Å². The van der Waals surface area contributed by atoms with Crippen molar-refractivity contribution in [2.45, 2.75) is 39.3 Å². The van der Waals surface area contributed by atoms with Gasteiger partial charge in [-0.3, -0.25) is 13.9 Å². The summed E-state index contributed by atoms with van der Waals surface area (Å²) in [5.41, 5.74) is 0.571. The van der Waals surface area contributed by atoms with Crippen LogP contribution in [0.1, 0.15) is 31.6 Å². The minimum absolute atomic E-state index is 0.0623. The fraction of sp³-hybridized carbons (Fsp3) is 0.643. The maximum Gasteiger partial charge on any atom is 0.333 e. The lowest BCUT2D eigenvalue weighted by Crippen LogP contribution is -2.43. The highest BCUT2D eigenvalue weighted by atomic mass is 16.2. The molecule has 1 aliphatic heterocycles. The van der Waals surface area contributed by atoms with Crippen molar-refractivity contribution >= 4 is 11.2 Å². The van der Waals surface area contributed by atoms with E-state index in [-0.39, 0.29) is 17.3 Å². The van der Waals surface area contributed by atoms with Gasteiger partial charge < -0.3 is 9.88 Å². The van der Waals surface area contributed by atoms with Crippen LogP contribution in [0.3, 0.4) is 0 Å². The number of aromatic nitrogens is 4. The van der Waals surface area contributed by atoms with Crippen LogP contribution in [0.5, 0.6) is 0 Å². The Morgan fingerprint density at radius 2 is 2.14 bits per heavy atom. The molecule has 1 N–H and O–H groups in total. The fourth-order valence-corrected chi connectivity index (χ4v) is 3.05. The first-order valence-corrected chi connectivity index (χ1v) is 7.45. The fourth-order valence-electron chi connectivity index (χ4n) is 3.05. The van der Waals surface area contributed by atoms with Gasteiger partial charge in [-0.2, -0.15) is 0 Å². The van der Waals surface area contributed by atoms with Crippen LogP contribution in [0, 0.1) is 6.92 Å². The minimum Gasteiger partial charge on any atom is -0.325 e. The normalized spacial score (nSPS) is 18.7. The first-order chi connectivity index (χ1) is 10.1. The van der Waals surface area contributed by atoms with E-state index in [0.29, 0.717) is 24.3 Å². The number of hydrogen-bond donors (Lipinski definition) is 1. The molecular formula is C14H21N5O2. The van der Waals surface area contributed by atoms with Crippen molar-refractivity contribution in [1.82, 2.24) is 24.0 Å². The van der Waals surface area contributed by atoms with Crippen molar-refractivity contribution in [1.29, 1.82) is 0 Å². The number of nitrogens with one attached hydrogen (secondary N) is 1. The number of imidazole rings is 1. The predicted molar refractivity (Wildman–Crippen MR) is 80.8 cm³/mol. The third-order valence-electron chi connectivity index (χ3n) is 4.26. The van der Waals surface area contributed by atoms with E-state index < -0.39 is 0 Å². The van der Waals surface area contributed by atoms with Gasteiger partial charge in [-0.1, -0.05) is 6.92 Å². The monoisotopic (exact) mass is 291 g/mol. The van der Waals surface area contributed by atoms with Crippen molar-refractivity contribution in [2.75, 3.05) is 13.1 Å². The molecule has 1 unspecified atom stereocenters. The SMILES string of the molecule is CCCn1c(=O)n(C2CCNC2)c(=O)c2c1nc(C)n2C. The van der Waals surface area contributed by atoms with Gasteiger partial charge in [-0.15, -0.1) is 0 Å². The van der Waals surface area contributed by atoms with Gasteiger partial charge in [-0.05, 0) is 26.3 Å². The molecule has 3 heterocycles. The summed E-state index contributed by atoms with van der Waals surface area (Å²) in [6.45, 7) is 5.95. The second kappa shape index (κ2) is 5.14. The number of nitrogens with zero attached hydrogens (tertiary/aromatic N) is 4. The van der Waals surface area contributed by atoms with Crippen LogP contribution in [0.2, 0.25) is 0 Å². The van der Waals surface area contributed by atoms with Gasteiger partial charge in [0.1, 0.15) is 5.82 Å². The van der Waals surface area contributed by atoms with Gasteiger partial charge >= 0.3 is 5.69 Å². The predicted octanol–water partition coefficient (Wildman–Crippen LogP) is 0.150. The van der Waals surface area contributed by atoms with Crippen LogP contribution in [-0.2, 0) is 13.6 Å². The number of hydrogen-bond acceptors (Lipinski definition) is 4. The molecule has 114 valence electrons. The maximum atomic E-state index is 12.8. The molecule has 0 aromatic carbocycles. The largest absolute Gasteiger partial charge is 0.333 e. The standard InChI is InChI=1S/C14H21N5O2/c1-4-7-18-12-11(17(3)9(2)16-12)13(20)19(14(18)21)10-5-6-15-8-10/h10,15H,4-8H2,1-3H3. The highest BCUT2D eigenvalue weighted by Crippen LogP contribution is 2.14. The summed E-state index contributed by atoms with van der Waals surface area (Å²) in [7, 11) is 1.82. The number of aryl methyl sites for hydroxylation is 3. The van der Waals surface area contributed by atoms with E-state index in [0.717, 1.165) is 25.2 Å². The van der Waals surface area contributed by atoms with Crippen molar-refractivity contribution < 1.29 is 0 Å². The van der Waals surface area contributed by atoms with Crippen molar-refractivity contribution in [3.8, 4) is 0 Å². The van der Waals surface area contributed by atoms with Gasteiger partial charge in [0.2, 0.25) is 0 Å². The summed E-state index contributed by atoms with van der Waals surface area (Å²) in [6, 6.07) is -0.0623. The Morgan fingerprint density at radius 3 is 2.76 bits per heavy atom. The number of fused-ring (bicyclic) bond motifs is 1. The highest BCUT2D eigenvalue weighted by Gasteiger charge is 2.25. The summed E-state index contributed by atoms with van der Waals surface area (Å²) >= 11 is 0. The molecule has 2 aromatic heterocycles. The Labute approximate surface area is 122 Å². The quantitative estimate of drug-likeness (QED) is 0.873. The first-order valence-electron chi connectivity index (χ1n) is 7.45. The third-order valence-corrected chi connectivity index (χ3v) is 4.26. The molecule has 21 heavy (non-hydrogen) atoms. The third kappa shape index (κ3) is 2.03. The molecule has 7 nitrogen and oxygen atoms in total. The summed E-state index contributed by atoms with van der Waals surface area (Å²) in [4.78, 5) is 30.0. The molecule has 1 aliphatic rings. The lowest BCUT2D eigenvalue weighted by molar-refractivity contribution is 0.477. The van der Waals surface area contributed by atoms with Gasteiger partial charge in [-0.25, -0.2) is 9.78 Å². The summed E-state index contributed by atoms with van der Waals surface area (Å²) in [5.74, 6) is 0.744. The highest BCUT2D eigenvalue weighted by molar-refractivity contribution is 5.71. The lowest BCUT2D eigenvalue weighted by atomic mass is 10.2. The zero-order chi connectivity index (χ0) is 15.1. The Hall–Kier alpha value is -1.89. The molecule has 0 saturated carbocycles. The molecule has 0 aliphatic carbocycles. The molecule has 3 rings (SSSR count). The average molecular weight is 291 g/mol. The van der Waals surface area contributed by atoms with Crippen LogP contribution in [0.15, 0.2) is 9.59 Å². The molecule has 7 heteroatoms. The van der Waals surface area contributed by atoms with Crippen LogP contribution >= 0.6 is 0 Å². The van der Waals surface area contributed by atoms with Gasteiger partial charge in [0.25, 0.3) is 5.56 Å². The summed E-state index contributed by atoms with van der Waals surface area (Å²) < 4.78 is 4.84. The van der Waals surface area contributed by atoms with Crippen LogP contribution < -0.4 is 16.6 Å². The second-order valence-corrected chi connectivity index (χ2v) is 5.65. The smallest absolute Gasteiger partial charge is 0.325 e. The van der Waals surface area contributed by atoms with Gasteiger partial charge in [0.05, 0.1) is 6.04 Å². The topological polar surface area (TPSA) is 73.8 Å². The van der Waals surface area contributed by atoms with E-state index in [4.69, 9.17) is 0 Å². The molecule has 0 spiro atoms. The van der Waals surface area contributed by atoms with Crippen LogP contribution in [-0.4, -0.2) is 31.8 Å². The molecule has 1 atom stereocenters. The van der Waals surface area contributed by atoms with E-state index in [1.165, 1.54) is 4.57 Å². The second-order valence-electron chi connectivity index (χ2n) is 5.65.